The Morgan fingerprint density at radius 1 is 0.867 bits per heavy atom. The predicted molar refractivity (Wildman–Crippen MR) is 114 cm³/mol. The first-order valence-electron chi connectivity index (χ1n) is 9.58. The smallest absolute Gasteiger partial charge is 0.338 e. The van der Waals surface area contributed by atoms with Gasteiger partial charge in [0, 0.05) is 11.6 Å². The van der Waals surface area contributed by atoms with Gasteiger partial charge in [0.15, 0.2) is 0 Å². The van der Waals surface area contributed by atoms with Gasteiger partial charge in [0.2, 0.25) is 0 Å². The predicted octanol–water partition coefficient (Wildman–Crippen LogP) is 5.06. The van der Waals surface area contributed by atoms with E-state index < -0.39 is 11.9 Å². The third kappa shape index (κ3) is 6.07. The van der Waals surface area contributed by atoms with Crippen molar-refractivity contribution in [3.05, 3.63) is 102 Å². The number of carbonyl (C=O) groups excluding carboxylic acids is 2. The van der Waals surface area contributed by atoms with Crippen molar-refractivity contribution in [2.75, 3.05) is 6.61 Å². The lowest BCUT2D eigenvalue weighted by atomic mass is 10.2. The first-order valence-corrected chi connectivity index (χ1v) is 9.58. The second-order valence-corrected chi connectivity index (χ2v) is 6.31. The van der Waals surface area contributed by atoms with E-state index in [1.54, 1.807) is 30.3 Å². The van der Waals surface area contributed by atoms with Crippen LogP contribution in [0.4, 0.5) is 0 Å². The molecule has 3 rings (SSSR count). The summed E-state index contributed by atoms with van der Waals surface area (Å²) >= 11 is 0. The third-order valence-corrected chi connectivity index (χ3v) is 4.14. The fourth-order valence-electron chi connectivity index (χ4n) is 2.68. The fraction of sp³-hybridized carbons (Fsp3) is 0.120. The largest absolute Gasteiger partial charge is 0.493 e. The van der Waals surface area contributed by atoms with Gasteiger partial charge in [-0.05, 0) is 48.9 Å². The molecule has 0 aliphatic heterocycles. The summed E-state index contributed by atoms with van der Waals surface area (Å²) in [5, 5.41) is 0. The van der Waals surface area contributed by atoms with Crippen molar-refractivity contribution in [1.82, 2.24) is 0 Å². The van der Waals surface area contributed by atoms with E-state index in [1.807, 2.05) is 61.5 Å². The summed E-state index contributed by atoms with van der Waals surface area (Å²) in [6.45, 7) is 2.63. The maximum Gasteiger partial charge on any atom is 0.338 e. The maximum absolute atomic E-state index is 12.1. The standard InChI is InChI=1S/C25H22O5/c1-2-28-23-11-7-6-10-20(23)14-17-24(26)30-22-15-12-21(13-16-22)25(27)29-18-19-8-4-3-5-9-19/h3-17H,2,18H2,1H3/b17-14+. The Morgan fingerprint density at radius 3 is 2.30 bits per heavy atom. The quantitative estimate of drug-likeness (QED) is 0.299. The molecular formula is C25H22O5. The molecule has 3 aromatic rings. The Labute approximate surface area is 175 Å². The molecule has 0 saturated heterocycles. The summed E-state index contributed by atoms with van der Waals surface area (Å²) in [4.78, 5) is 24.2. The Bertz CT molecular complexity index is 1010. The number of hydrogen-bond donors (Lipinski definition) is 0. The molecule has 0 spiro atoms. The van der Waals surface area contributed by atoms with Crippen molar-refractivity contribution in [1.29, 1.82) is 0 Å². The molecule has 0 bridgehead atoms. The van der Waals surface area contributed by atoms with Crippen molar-refractivity contribution in [2.45, 2.75) is 13.5 Å². The van der Waals surface area contributed by atoms with Crippen LogP contribution in [0, 0.1) is 0 Å². The van der Waals surface area contributed by atoms with E-state index in [2.05, 4.69) is 0 Å². The minimum Gasteiger partial charge on any atom is -0.493 e. The van der Waals surface area contributed by atoms with Crippen LogP contribution in [0.5, 0.6) is 11.5 Å². The number of benzene rings is 3. The average molecular weight is 402 g/mol. The number of ether oxygens (including phenoxy) is 3. The lowest BCUT2D eigenvalue weighted by Crippen LogP contribution is -2.06. The molecule has 5 nitrogen and oxygen atoms in total. The van der Waals surface area contributed by atoms with Crippen LogP contribution < -0.4 is 9.47 Å². The molecule has 0 aliphatic carbocycles. The van der Waals surface area contributed by atoms with E-state index in [0.29, 0.717) is 23.7 Å². The monoisotopic (exact) mass is 402 g/mol. The summed E-state index contributed by atoms with van der Waals surface area (Å²) in [5.74, 6) is 0.0645. The van der Waals surface area contributed by atoms with Gasteiger partial charge in [-0.15, -0.1) is 0 Å². The second kappa shape index (κ2) is 10.6. The molecule has 30 heavy (non-hydrogen) atoms. The van der Waals surface area contributed by atoms with Crippen molar-refractivity contribution >= 4 is 18.0 Å². The molecule has 0 aliphatic rings. The van der Waals surface area contributed by atoms with Gasteiger partial charge in [0.05, 0.1) is 12.2 Å². The highest BCUT2D eigenvalue weighted by Crippen LogP contribution is 2.20. The fourth-order valence-corrected chi connectivity index (χ4v) is 2.68. The van der Waals surface area contributed by atoms with Crippen molar-refractivity contribution in [3.8, 4) is 11.5 Å². The molecule has 0 amide bonds. The van der Waals surface area contributed by atoms with Gasteiger partial charge in [-0.25, -0.2) is 9.59 Å². The Hall–Kier alpha value is -3.86. The van der Waals surface area contributed by atoms with E-state index in [9.17, 15) is 9.59 Å². The van der Waals surface area contributed by atoms with Gasteiger partial charge in [-0.1, -0.05) is 48.5 Å². The first kappa shape index (κ1) is 20.9. The highest BCUT2D eigenvalue weighted by molar-refractivity contribution is 5.91. The molecule has 5 heteroatoms. The van der Waals surface area contributed by atoms with Crippen molar-refractivity contribution in [2.24, 2.45) is 0 Å². The van der Waals surface area contributed by atoms with Crippen LogP contribution in [-0.2, 0) is 16.1 Å². The van der Waals surface area contributed by atoms with Crippen LogP contribution in [0.2, 0.25) is 0 Å². The Morgan fingerprint density at radius 2 is 1.57 bits per heavy atom. The number of carbonyl (C=O) groups is 2. The molecular weight excluding hydrogens is 380 g/mol. The van der Waals surface area contributed by atoms with Crippen LogP contribution in [-0.4, -0.2) is 18.5 Å². The number of esters is 2. The molecule has 0 radical (unpaired) electrons. The van der Waals surface area contributed by atoms with E-state index in [-0.39, 0.29) is 6.61 Å². The molecule has 0 N–H and O–H groups in total. The van der Waals surface area contributed by atoms with E-state index in [4.69, 9.17) is 14.2 Å². The minimum absolute atomic E-state index is 0.199. The van der Waals surface area contributed by atoms with Crippen molar-refractivity contribution < 1.29 is 23.8 Å². The van der Waals surface area contributed by atoms with Crippen LogP contribution in [0.25, 0.3) is 6.08 Å². The van der Waals surface area contributed by atoms with E-state index in [1.165, 1.54) is 6.08 Å². The Balaban J connectivity index is 1.55. The average Bonchev–Trinajstić information content (AvgIpc) is 2.78. The molecule has 0 aromatic heterocycles. The zero-order valence-electron chi connectivity index (χ0n) is 16.6. The van der Waals surface area contributed by atoms with Gasteiger partial charge < -0.3 is 14.2 Å². The lowest BCUT2D eigenvalue weighted by Gasteiger charge is -2.07. The van der Waals surface area contributed by atoms with Crippen LogP contribution in [0.1, 0.15) is 28.4 Å². The van der Waals surface area contributed by atoms with Gasteiger partial charge in [0.25, 0.3) is 0 Å². The topological polar surface area (TPSA) is 61.8 Å². The molecule has 0 heterocycles. The molecule has 152 valence electrons. The van der Waals surface area contributed by atoms with Gasteiger partial charge in [-0.2, -0.15) is 0 Å². The molecule has 0 fully saturated rings. The summed E-state index contributed by atoms with van der Waals surface area (Å²) < 4.78 is 16.1. The first-order chi connectivity index (χ1) is 14.7. The molecule has 0 unspecified atom stereocenters. The molecule has 0 atom stereocenters. The van der Waals surface area contributed by atoms with Crippen LogP contribution >= 0.6 is 0 Å². The zero-order chi connectivity index (χ0) is 21.2. The highest BCUT2D eigenvalue weighted by atomic mass is 16.5. The van der Waals surface area contributed by atoms with Gasteiger partial charge >= 0.3 is 11.9 Å². The Kier molecular flexibility index (Phi) is 7.39. The van der Waals surface area contributed by atoms with Gasteiger partial charge in [0.1, 0.15) is 18.1 Å². The highest BCUT2D eigenvalue weighted by Gasteiger charge is 2.09. The lowest BCUT2D eigenvalue weighted by molar-refractivity contribution is -0.128. The van der Waals surface area contributed by atoms with Crippen LogP contribution in [0.3, 0.4) is 0 Å². The second-order valence-electron chi connectivity index (χ2n) is 6.31. The normalized spacial score (nSPS) is 10.6. The number of rotatable bonds is 8. The summed E-state index contributed by atoms with van der Waals surface area (Å²) in [5.41, 5.74) is 2.08. The number of para-hydroxylation sites is 1. The van der Waals surface area contributed by atoms with Crippen molar-refractivity contribution in [3.63, 3.8) is 0 Å². The van der Waals surface area contributed by atoms with E-state index in [0.717, 1.165) is 11.1 Å². The van der Waals surface area contributed by atoms with Crippen LogP contribution in [0.15, 0.2) is 84.9 Å². The third-order valence-electron chi connectivity index (χ3n) is 4.14. The zero-order valence-corrected chi connectivity index (χ0v) is 16.6. The van der Waals surface area contributed by atoms with E-state index >= 15 is 0 Å². The minimum atomic E-state index is -0.527. The maximum atomic E-state index is 12.1. The summed E-state index contributed by atoms with van der Waals surface area (Å²) in [7, 11) is 0. The SMILES string of the molecule is CCOc1ccccc1/C=C/C(=O)Oc1ccc(C(=O)OCc2ccccc2)cc1. The molecule has 0 saturated carbocycles. The summed E-state index contributed by atoms with van der Waals surface area (Å²) in [6, 6.07) is 23.1. The summed E-state index contributed by atoms with van der Waals surface area (Å²) in [6.07, 6.45) is 2.97. The number of hydrogen-bond acceptors (Lipinski definition) is 5. The molecule has 3 aromatic carbocycles. The van der Waals surface area contributed by atoms with Gasteiger partial charge in [-0.3, -0.25) is 0 Å².